The van der Waals surface area contributed by atoms with E-state index < -0.39 is 11.7 Å². The Morgan fingerprint density at radius 1 is 1.32 bits per heavy atom. The van der Waals surface area contributed by atoms with E-state index in [9.17, 15) is 9.18 Å². The lowest BCUT2D eigenvalue weighted by Gasteiger charge is -2.06. The zero-order valence-corrected chi connectivity index (χ0v) is 13.5. The van der Waals surface area contributed by atoms with Crippen molar-refractivity contribution in [3.63, 3.8) is 0 Å². The first-order valence-electron chi connectivity index (χ1n) is 7.20. The molecule has 6 nitrogen and oxygen atoms in total. The molecular weight excluding hydrogens is 345 g/mol. The maximum Gasteiger partial charge on any atom is 0.295 e. The topological polar surface area (TPSA) is 83.6 Å². The molecule has 0 radical (unpaired) electrons. The summed E-state index contributed by atoms with van der Waals surface area (Å²) in [5.41, 5.74) is 0.927. The molecule has 0 saturated carbocycles. The highest BCUT2D eigenvalue weighted by atomic mass is 35.5. The molecule has 0 saturated heterocycles. The first-order valence-corrected chi connectivity index (χ1v) is 7.58. The Morgan fingerprint density at radius 2 is 2.08 bits per heavy atom. The van der Waals surface area contributed by atoms with Crippen LogP contribution in [-0.2, 0) is 6.54 Å². The fourth-order valence-corrected chi connectivity index (χ4v) is 2.39. The molecule has 1 heterocycles. The minimum absolute atomic E-state index is 0.117. The van der Waals surface area contributed by atoms with Gasteiger partial charge in [-0.3, -0.25) is 4.79 Å². The average Bonchev–Trinajstić information content (AvgIpc) is 3.08. The molecular formula is C17H11ClFN5O. The van der Waals surface area contributed by atoms with Crippen LogP contribution >= 0.6 is 11.6 Å². The number of anilines is 1. The highest BCUT2D eigenvalue weighted by molar-refractivity contribution is 6.31. The molecule has 25 heavy (non-hydrogen) atoms. The van der Waals surface area contributed by atoms with Crippen LogP contribution in [0.15, 0.2) is 48.8 Å². The molecule has 1 aromatic heterocycles. The highest BCUT2D eigenvalue weighted by Gasteiger charge is 2.16. The van der Waals surface area contributed by atoms with Crippen LogP contribution in [0.2, 0.25) is 5.02 Å². The van der Waals surface area contributed by atoms with Gasteiger partial charge in [-0.25, -0.2) is 14.1 Å². The number of hydrogen-bond acceptors (Lipinski definition) is 4. The summed E-state index contributed by atoms with van der Waals surface area (Å²) < 4.78 is 15.5. The van der Waals surface area contributed by atoms with E-state index in [4.69, 9.17) is 16.9 Å². The quantitative estimate of drug-likeness (QED) is 0.778. The number of carbonyl (C=O) groups is 1. The van der Waals surface area contributed by atoms with Crippen LogP contribution in [0.1, 0.15) is 21.7 Å². The second-order valence-corrected chi connectivity index (χ2v) is 5.54. The number of aromatic nitrogens is 3. The van der Waals surface area contributed by atoms with E-state index in [0.29, 0.717) is 6.54 Å². The van der Waals surface area contributed by atoms with Crippen LogP contribution in [0.5, 0.6) is 0 Å². The van der Waals surface area contributed by atoms with E-state index in [0.717, 1.165) is 5.56 Å². The van der Waals surface area contributed by atoms with Gasteiger partial charge in [0, 0.05) is 0 Å². The van der Waals surface area contributed by atoms with E-state index in [-0.39, 0.29) is 22.1 Å². The summed E-state index contributed by atoms with van der Waals surface area (Å²) >= 11 is 5.71. The van der Waals surface area contributed by atoms with Crippen molar-refractivity contribution in [1.29, 1.82) is 5.26 Å². The van der Waals surface area contributed by atoms with Gasteiger partial charge in [0.05, 0.1) is 28.9 Å². The maximum absolute atomic E-state index is 14.0. The third-order valence-corrected chi connectivity index (χ3v) is 3.61. The Morgan fingerprint density at radius 3 is 2.80 bits per heavy atom. The molecule has 0 aliphatic rings. The molecule has 0 bridgehead atoms. The largest absolute Gasteiger partial charge is 0.317 e. The maximum atomic E-state index is 14.0. The predicted octanol–water partition coefficient (Wildman–Crippen LogP) is 3.24. The van der Waals surface area contributed by atoms with E-state index >= 15 is 0 Å². The number of amides is 1. The lowest BCUT2D eigenvalue weighted by molar-refractivity contribution is 0.101. The molecule has 0 atom stereocenters. The molecule has 124 valence electrons. The van der Waals surface area contributed by atoms with Crippen molar-refractivity contribution in [1.82, 2.24) is 14.8 Å². The van der Waals surface area contributed by atoms with E-state index in [1.165, 1.54) is 23.1 Å². The summed E-state index contributed by atoms with van der Waals surface area (Å²) in [5, 5.41) is 15.0. The number of rotatable bonds is 4. The monoisotopic (exact) mass is 355 g/mol. The van der Waals surface area contributed by atoms with Crippen LogP contribution in [0, 0.1) is 17.1 Å². The number of carbonyl (C=O) groups excluding carboxylic acids is 1. The van der Waals surface area contributed by atoms with Crippen molar-refractivity contribution in [3.8, 4) is 6.07 Å². The van der Waals surface area contributed by atoms with Crippen molar-refractivity contribution >= 4 is 23.2 Å². The first kappa shape index (κ1) is 16.6. The number of nitrogens with one attached hydrogen (secondary N) is 1. The fraction of sp³-hybridized carbons (Fsp3) is 0.0588. The molecule has 1 N–H and O–H groups in total. The normalized spacial score (nSPS) is 10.3. The second kappa shape index (κ2) is 7.11. The number of hydrogen-bond donors (Lipinski definition) is 1. The van der Waals surface area contributed by atoms with Gasteiger partial charge in [0.2, 0.25) is 5.82 Å². The van der Waals surface area contributed by atoms with E-state index in [2.05, 4.69) is 15.4 Å². The minimum atomic E-state index is -0.822. The second-order valence-electron chi connectivity index (χ2n) is 5.14. The van der Waals surface area contributed by atoms with E-state index in [1.807, 2.05) is 36.4 Å². The number of nitriles is 1. The Kier molecular flexibility index (Phi) is 4.73. The molecule has 0 aliphatic carbocycles. The zero-order chi connectivity index (χ0) is 17.8. The van der Waals surface area contributed by atoms with Gasteiger partial charge in [-0.05, 0) is 17.7 Å². The van der Waals surface area contributed by atoms with Crippen LogP contribution in [0.4, 0.5) is 10.1 Å². The third-order valence-electron chi connectivity index (χ3n) is 3.33. The minimum Gasteiger partial charge on any atom is -0.317 e. The smallest absolute Gasteiger partial charge is 0.295 e. The Hall–Kier alpha value is -3.24. The van der Waals surface area contributed by atoms with Gasteiger partial charge in [-0.1, -0.05) is 41.9 Å². The summed E-state index contributed by atoms with van der Waals surface area (Å²) in [6.07, 6.45) is 1.41. The standard InChI is InChI=1S/C17H11ClFN5O/c18-13-6-12(8-20)7-14(15(13)19)22-17(25)16-21-10-24(23-16)9-11-4-2-1-3-5-11/h1-7,10H,9H2,(H,22,25). The Balaban J connectivity index is 1.77. The van der Waals surface area contributed by atoms with Crippen molar-refractivity contribution in [2.24, 2.45) is 0 Å². The number of benzene rings is 2. The summed E-state index contributed by atoms with van der Waals surface area (Å²) in [7, 11) is 0. The van der Waals surface area contributed by atoms with Gasteiger partial charge in [-0.2, -0.15) is 5.26 Å². The van der Waals surface area contributed by atoms with Crippen LogP contribution < -0.4 is 5.32 Å². The van der Waals surface area contributed by atoms with Crippen molar-refractivity contribution < 1.29 is 9.18 Å². The van der Waals surface area contributed by atoms with Gasteiger partial charge in [-0.15, -0.1) is 5.10 Å². The molecule has 2 aromatic carbocycles. The van der Waals surface area contributed by atoms with Crippen LogP contribution in [-0.4, -0.2) is 20.7 Å². The molecule has 1 amide bonds. The van der Waals surface area contributed by atoms with Gasteiger partial charge in [0.15, 0.2) is 5.82 Å². The fourth-order valence-electron chi connectivity index (χ4n) is 2.17. The molecule has 8 heteroatoms. The molecule has 0 fully saturated rings. The highest BCUT2D eigenvalue weighted by Crippen LogP contribution is 2.24. The average molecular weight is 356 g/mol. The molecule has 0 spiro atoms. The lowest BCUT2D eigenvalue weighted by Crippen LogP contribution is -2.16. The van der Waals surface area contributed by atoms with Crippen molar-refractivity contribution in [2.45, 2.75) is 6.54 Å². The van der Waals surface area contributed by atoms with Crippen LogP contribution in [0.25, 0.3) is 0 Å². The number of halogens is 2. The number of nitrogens with zero attached hydrogens (tertiary/aromatic N) is 4. The first-order chi connectivity index (χ1) is 12.1. The van der Waals surface area contributed by atoms with E-state index in [1.54, 1.807) is 0 Å². The zero-order valence-electron chi connectivity index (χ0n) is 12.8. The van der Waals surface area contributed by atoms with Gasteiger partial charge >= 0.3 is 0 Å². The summed E-state index contributed by atoms with van der Waals surface area (Å²) in [4.78, 5) is 16.1. The Bertz CT molecular complexity index is 965. The molecule has 0 aliphatic heterocycles. The van der Waals surface area contributed by atoms with Crippen molar-refractivity contribution in [3.05, 3.63) is 76.6 Å². The van der Waals surface area contributed by atoms with Crippen LogP contribution in [0.3, 0.4) is 0 Å². The van der Waals surface area contributed by atoms with Gasteiger partial charge < -0.3 is 5.32 Å². The predicted molar refractivity (Wildman–Crippen MR) is 89.6 cm³/mol. The molecule has 3 rings (SSSR count). The third kappa shape index (κ3) is 3.82. The van der Waals surface area contributed by atoms with Gasteiger partial charge in [0.25, 0.3) is 5.91 Å². The Labute approximate surface area is 147 Å². The summed E-state index contributed by atoms with van der Waals surface area (Å²) in [6, 6.07) is 13.8. The molecule has 3 aromatic rings. The lowest BCUT2D eigenvalue weighted by atomic mass is 10.2. The summed E-state index contributed by atoms with van der Waals surface area (Å²) in [6.45, 7) is 0.450. The SMILES string of the molecule is N#Cc1cc(Cl)c(F)c(NC(=O)c2ncn(Cc3ccccc3)n2)c1. The van der Waals surface area contributed by atoms with Gasteiger partial charge in [0.1, 0.15) is 6.33 Å². The summed E-state index contributed by atoms with van der Waals surface area (Å²) in [5.74, 6) is -1.64. The van der Waals surface area contributed by atoms with Crippen molar-refractivity contribution in [2.75, 3.05) is 5.32 Å². The molecule has 0 unspecified atom stereocenters.